The van der Waals surface area contributed by atoms with Crippen LogP contribution in [0.15, 0.2) is 41.0 Å². The molecule has 1 aromatic heterocycles. The van der Waals surface area contributed by atoms with Crippen LogP contribution in [0, 0.1) is 11.6 Å². The fourth-order valence-corrected chi connectivity index (χ4v) is 1.94. The van der Waals surface area contributed by atoms with Crippen molar-refractivity contribution in [3.05, 3.63) is 63.9 Å². The van der Waals surface area contributed by atoms with Gasteiger partial charge in [0.15, 0.2) is 11.6 Å². The number of nitrogens with zero attached hydrogens (tertiary/aromatic N) is 1. The van der Waals surface area contributed by atoms with Crippen LogP contribution in [0.1, 0.15) is 16.1 Å². The van der Waals surface area contributed by atoms with Crippen LogP contribution in [0.25, 0.3) is 0 Å². The van der Waals surface area contributed by atoms with Gasteiger partial charge in [-0.25, -0.2) is 8.78 Å². The van der Waals surface area contributed by atoms with E-state index in [9.17, 15) is 13.6 Å². The van der Waals surface area contributed by atoms with Gasteiger partial charge in [0.1, 0.15) is 11.5 Å². The van der Waals surface area contributed by atoms with Crippen molar-refractivity contribution in [2.24, 2.45) is 0 Å². The quantitative estimate of drug-likeness (QED) is 0.811. The van der Waals surface area contributed by atoms with Crippen molar-refractivity contribution < 1.29 is 13.6 Å². The van der Waals surface area contributed by atoms with Gasteiger partial charge in [-0.2, -0.15) is 0 Å². The van der Waals surface area contributed by atoms with Crippen molar-refractivity contribution in [3.8, 4) is 0 Å². The fourth-order valence-electron chi connectivity index (χ4n) is 1.53. The molecule has 0 saturated carbocycles. The normalized spacial score (nSPS) is 10.4. The summed E-state index contributed by atoms with van der Waals surface area (Å²) in [6.07, 6.45) is 1.24. The van der Waals surface area contributed by atoms with Crippen LogP contribution in [-0.4, -0.2) is 10.8 Å². The van der Waals surface area contributed by atoms with E-state index in [0.717, 1.165) is 0 Å². The van der Waals surface area contributed by atoms with Crippen molar-refractivity contribution in [1.29, 1.82) is 0 Å². The summed E-state index contributed by atoms with van der Waals surface area (Å²) in [5, 5.41) is 0. The van der Waals surface area contributed by atoms with Gasteiger partial charge in [0.05, 0.1) is 4.47 Å². The number of carbonyl (C=O) groups is 1. The molecule has 92 valence electrons. The molecule has 0 bridgehead atoms. The van der Waals surface area contributed by atoms with E-state index in [4.69, 9.17) is 0 Å². The molecule has 0 spiro atoms. The topological polar surface area (TPSA) is 30.0 Å². The summed E-state index contributed by atoms with van der Waals surface area (Å²) >= 11 is 3.06. The molecule has 18 heavy (non-hydrogen) atoms. The van der Waals surface area contributed by atoms with Gasteiger partial charge < -0.3 is 0 Å². The summed E-state index contributed by atoms with van der Waals surface area (Å²) in [6.45, 7) is 0. The number of ketones is 1. The number of rotatable bonds is 3. The van der Waals surface area contributed by atoms with Crippen molar-refractivity contribution in [2.45, 2.75) is 6.42 Å². The molecule has 0 unspecified atom stereocenters. The molecular weight excluding hydrogens is 304 g/mol. The predicted molar refractivity (Wildman–Crippen MR) is 66.3 cm³/mol. The molecule has 2 nitrogen and oxygen atoms in total. The first kappa shape index (κ1) is 12.8. The molecule has 0 amide bonds. The van der Waals surface area contributed by atoms with Gasteiger partial charge in [-0.05, 0) is 39.7 Å². The molecule has 0 atom stereocenters. The Kier molecular flexibility index (Phi) is 3.81. The van der Waals surface area contributed by atoms with Gasteiger partial charge in [0, 0.05) is 12.6 Å². The second-order valence-electron chi connectivity index (χ2n) is 3.65. The number of hydrogen-bond donors (Lipinski definition) is 0. The van der Waals surface area contributed by atoms with Gasteiger partial charge in [-0.3, -0.25) is 9.78 Å². The van der Waals surface area contributed by atoms with Gasteiger partial charge in [0.25, 0.3) is 0 Å². The minimum absolute atomic E-state index is 0.105. The fraction of sp³-hybridized carbons (Fsp3) is 0.0769. The van der Waals surface area contributed by atoms with Gasteiger partial charge in [-0.15, -0.1) is 0 Å². The predicted octanol–water partition coefficient (Wildman–Crippen LogP) is 3.55. The smallest absolute Gasteiger partial charge is 0.188 e. The van der Waals surface area contributed by atoms with Crippen molar-refractivity contribution in [2.75, 3.05) is 0 Å². The zero-order chi connectivity index (χ0) is 13.1. The van der Waals surface area contributed by atoms with E-state index in [1.165, 1.54) is 30.5 Å². The monoisotopic (exact) mass is 311 g/mol. The second-order valence-corrected chi connectivity index (χ2v) is 4.44. The summed E-state index contributed by atoms with van der Waals surface area (Å²) in [4.78, 5) is 15.5. The maximum Gasteiger partial charge on any atom is 0.188 e. The zero-order valence-corrected chi connectivity index (χ0v) is 10.7. The molecule has 0 aliphatic carbocycles. The Balaban J connectivity index is 2.27. The Morgan fingerprint density at radius 1 is 1.17 bits per heavy atom. The van der Waals surface area contributed by atoms with Crippen LogP contribution >= 0.6 is 15.9 Å². The van der Waals surface area contributed by atoms with Crippen LogP contribution in [0.5, 0.6) is 0 Å². The van der Waals surface area contributed by atoms with Crippen LogP contribution in [0.3, 0.4) is 0 Å². The van der Waals surface area contributed by atoms with E-state index in [0.29, 0.717) is 5.56 Å². The number of carbonyl (C=O) groups excluding carboxylic acids is 1. The highest BCUT2D eigenvalue weighted by molar-refractivity contribution is 9.10. The Morgan fingerprint density at radius 3 is 2.61 bits per heavy atom. The first-order valence-electron chi connectivity index (χ1n) is 5.16. The Bertz CT molecular complexity index is 601. The van der Waals surface area contributed by atoms with Gasteiger partial charge in [-0.1, -0.05) is 12.1 Å². The molecule has 5 heteroatoms. The van der Waals surface area contributed by atoms with E-state index < -0.39 is 17.4 Å². The van der Waals surface area contributed by atoms with Crippen LogP contribution in [0.2, 0.25) is 0 Å². The second kappa shape index (κ2) is 5.35. The van der Waals surface area contributed by atoms with Crippen molar-refractivity contribution in [1.82, 2.24) is 4.98 Å². The molecule has 0 aliphatic heterocycles. The minimum Gasteiger partial charge on any atom is -0.292 e. The van der Waals surface area contributed by atoms with E-state index in [2.05, 4.69) is 20.9 Å². The summed E-state index contributed by atoms with van der Waals surface area (Å²) < 4.78 is 26.8. The lowest BCUT2D eigenvalue weighted by Crippen LogP contribution is -2.09. The maximum atomic E-state index is 13.4. The maximum absolute atomic E-state index is 13.4. The highest BCUT2D eigenvalue weighted by atomic mass is 79.9. The Morgan fingerprint density at radius 2 is 1.89 bits per heavy atom. The first-order valence-corrected chi connectivity index (χ1v) is 5.95. The molecule has 2 aromatic rings. The highest BCUT2D eigenvalue weighted by Gasteiger charge is 2.15. The summed E-state index contributed by atoms with van der Waals surface area (Å²) in [5.74, 6) is -1.61. The standard InChI is InChI=1S/C13H8BrF2NO/c14-12-8(3-1-4-9(12)15)7-11(18)13-10(16)5-2-6-17-13/h1-6H,7H2. The van der Waals surface area contributed by atoms with Crippen LogP contribution < -0.4 is 0 Å². The third kappa shape index (κ3) is 2.61. The number of halogens is 3. The average molecular weight is 312 g/mol. The molecule has 1 heterocycles. The summed E-state index contributed by atoms with van der Waals surface area (Å²) in [7, 11) is 0. The number of benzene rings is 1. The van der Waals surface area contributed by atoms with Gasteiger partial charge >= 0.3 is 0 Å². The summed E-state index contributed by atoms with van der Waals surface area (Å²) in [6, 6.07) is 6.95. The third-order valence-corrected chi connectivity index (χ3v) is 3.29. The number of pyridine rings is 1. The Hall–Kier alpha value is -1.62. The Labute approximate surface area is 111 Å². The average Bonchev–Trinajstić information content (AvgIpc) is 2.35. The number of aromatic nitrogens is 1. The molecule has 0 fully saturated rings. The first-order chi connectivity index (χ1) is 8.59. The SMILES string of the molecule is O=C(Cc1cccc(F)c1Br)c1ncccc1F. The molecule has 0 aliphatic rings. The van der Waals surface area contributed by atoms with E-state index in [1.807, 2.05) is 0 Å². The van der Waals surface area contributed by atoms with E-state index in [-0.39, 0.29) is 16.6 Å². The van der Waals surface area contributed by atoms with E-state index >= 15 is 0 Å². The lowest BCUT2D eigenvalue weighted by atomic mass is 10.1. The van der Waals surface area contributed by atoms with Crippen molar-refractivity contribution in [3.63, 3.8) is 0 Å². The van der Waals surface area contributed by atoms with Crippen LogP contribution in [0.4, 0.5) is 8.78 Å². The number of hydrogen-bond acceptors (Lipinski definition) is 2. The largest absolute Gasteiger partial charge is 0.292 e. The molecule has 0 N–H and O–H groups in total. The van der Waals surface area contributed by atoms with Gasteiger partial charge in [0.2, 0.25) is 0 Å². The molecule has 2 rings (SSSR count). The summed E-state index contributed by atoms with van der Waals surface area (Å²) in [5.41, 5.74) is 0.235. The lowest BCUT2D eigenvalue weighted by molar-refractivity contribution is 0.0983. The van der Waals surface area contributed by atoms with Crippen molar-refractivity contribution >= 4 is 21.7 Å². The molecule has 0 saturated heterocycles. The highest BCUT2D eigenvalue weighted by Crippen LogP contribution is 2.22. The minimum atomic E-state index is -0.671. The lowest BCUT2D eigenvalue weighted by Gasteiger charge is -2.05. The molecule has 0 radical (unpaired) electrons. The number of Topliss-reactive ketones (excluding diaryl/α,β-unsaturated/α-hetero) is 1. The van der Waals surface area contributed by atoms with Crippen LogP contribution in [-0.2, 0) is 6.42 Å². The molecular formula is C13H8BrF2NO. The third-order valence-electron chi connectivity index (χ3n) is 2.41. The van der Waals surface area contributed by atoms with E-state index in [1.54, 1.807) is 6.07 Å². The molecule has 1 aromatic carbocycles. The zero-order valence-electron chi connectivity index (χ0n) is 9.16.